The largest absolute Gasteiger partial charge is 0.491 e. The number of rotatable bonds is 17. The zero-order chi connectivity index (χ0) is 42.0. The van der Waals surface area contributed by atoms with E-state index in [1.807, 2.05) is 55.0 Å². The summed E-state index contributed by atoms with van der Waals surface area (Å²) in [7, 11) is 1.88. The maximum Gasteiger partial charge on any atom is 0.355 e. The summed E-state index contributed by atoms with van der Waals surface area (Å²) < 4.78 is 21.9. The van der Waals surface area contributed by atoms with Crippen molar-refractivity contribution in [2.45, 2.75) is 65.2 Å². The van der Waals surface area contributed by atoms with Crippen LogP contribution in [0.3, 0.4) is 0 Å². The van der Waals surface area contributed by atoms with Gasteiger partial charge in [-0.05, 0) is 82.3 Å². The Bertz CT molecular complexity index is 2320. The van der Waals surface area contributed by atoms with E-state index in [1.165, 1.54) is 17.4 Å². The van der Waals surface area contributed by atoms with E-state index in [4.69, 9.17) is 4.74 Å². The molecule has 2 aromatic carbocycles. The summed E-state index contributed by atoms with van der Waals surface area (Å²) in [6.45, 7) is 11.2. The maximum atomic E-state index is 15.0. The minimum absolute atomic E-state index is 0.00855. The number of piperazine rings is 1. The van der Waals surface area contributed by atoms with E-state index >= 15 is 4.39 Å². The van der Waals surface area contributed by atoms with Gasteiger partial charge in [0.05, 0.1) is 23.4 Å². The second kappa shape index (κ2) is 20.4. The predicted molar refractivity (Wildman–Crippen MR) is 236 cm³/mol. The number of amides is 1. The Labute approximate surface area is 358 Å². The summed E-state index contributed by atoms with van der Waals surface area (Å²) in [5, 5.41) is 23.8. The van der Waals surface area contributed by atoms with Crippen molar-refractivity contribution < 1.29 is 23.8 Å². The standard InChI is InChI=1S/C44H52FN9O4S2/c1-4-38(55)51(3)20-8-5-9-21-52-24-26-53(27-25-52)22-10-13-31-18-19-35(33(45)29-31)58-28-12-17-37-39(42(56)57)47-44(60-37)54-23-11-14-32-30(2)40(49-50-41(32)54)48-43-46-34-15-6-7-16-36(34)59-43/h6-7,15-16,18-19,29H,4-5,8-9,11-12,14,17,20-28H2,1-3H3,(H,56,57)(H,46,48,49). The van der Waals surface area contributed by atoms with E-state index < -0.39 is 11.8 Å². The Kier molecular flexibility index (Phi) is 14.6. The Morgan fingerprint density at radius 1 is 1.00 bits per heavy atom. The molecule has 0 radical (unpaired) electrons. The number of anilines is 4. The minimum Gasteiger partial charge on any atom is -0.491 e. The molecule has 2 aliphatic rings. The lowest BCUT2D eigenvalue weighted by atomic mass is 10.0. The lowest BCUT2D eigenvalue weighted by Crippen LogP contribution is -2.46. The van der Waals surface area contributed by atoms with Crippen LogP contribution in [-0.4, -0.2) is 118 Å². The van der Waals surface area contributed by atoms with Gasteiger partial charge in [0, 0.05) is 74.3 Å². The number of ether oxygens (including phenoxy) is 1. The summed E-state index contributed by atoms with van der Waals surface area (Å²) in [6, 6.07) is 12.7. The predicted octanol–water partition coefficient (Wildman–Crippen LogP) is 7.54. The number of carbonyl (C=O) groups is 2. The molecule has 3 aromatic heterocycles. The van der Waals surface area contributed by atoms with Gasteiger partial charge >= 0.3 is 5.97 Å². The molecule has 5 heterocycles. The highest BCUT2D eigenvalue weighted by Gasteiger charge is 2.28. The SMILES string of the molecule is CCC(=O)N(C)CCCCCN1CCN(CC#Cc2ccc(OCCCc3sc(N4CCCc5c4nnc(Nc4nc6ccccc6s4)c5C)nc3C(=O)O)c(F)c2)CC1. The van der Waals surface area contributed by atoms with Crippen molar-refractivity contribution in [3.8, 4) is 17.6 Å². The quantitative estimate of drug-likeness (QED) is 0.0706. The van der Waals surface area contributed by atoms with Gasteiger partial charge in [-0.1, -0.05) is 48.7 Å². The van der Waals surface area contributed by atoms with Gasteiger partial charge in [0.1, 0.15) is 0 Å². The van der Waals surface area contributed by atoms with Crippen LogP contribution in [0.4, 0.5) is 26.3 Å². The third-order valence-electron chi connectivity index (χ3n) is 11.0. The van der Waals surface area contributed by atoms with Crippen LogP contribution in [0, 0.1) is 24.6 Å². The van der Waals surface area contributed by atoms with Gasteiger partial charge in [-0.25, -0.2) is 19.2 Å². The molecule has 16 heteroatoms. The average Bonchev–Trinajstić information content (AvgIpc) is 3.88. The molecule has 2 aliphatic heterocycles. The molecule has 1 amide bonds. The highest BCUT2D eigenvalue weighted by Crippen LogP contribution is 2.39. The Morgan fingerprint density at radius 3 is 2.60 bits per heavy atom. The second-order valence-corrected chi connectivity index (χ2v) is 17.3. The van der Waals surface area contributed by atoms with E-state index in [0.29, 0.717) is 59.6 Å². The first-order chi connectivity index (χ1) is 29.2. The van der Waals surface area contributed by atoms with E-state index in [1.54, 1.807) is 23.5 Å². The Balaban J connectivity index is 0.866. The number of hydrogen-bond acceptors (Lipinski definition) is 13. The summed E-state index contributed by atoms with van der Waals surface area (Å²) in [5.74, 6) is 6.38. The number of benzene rings is 2. The van der Waals surface area contributed by atoms with Gasteiger partial charge in [0.15, 0.2) is 39.2 Å². The number of hydrogen-bond donors (Lipinski definition) is 2. The summed E-state index contributed by atoms with van der Waals surface area (Å²) in [5.41, 5.74) is 3.53. The van der Waals surface area contributed by atoms with Crippen molar-refractivity contribution in [2.24, 2.45) is 0 Å². The van der Waals surface area contributed by atoms with Gasteiger partial charge in [0.25, 0.3) is 0 Å². The highest BCUT2D eigenvalue weighted by atomic mass is 32.1. The molecule has 0 aliphatic carbocycles. The van der Waals surface area contributed by atoms with Crippen LogP contribution in [0.25, 0.3) is 10.2 Å². The summed E-state index contributed by atoms with van der Waals surface area (Å²) >= 11 is 2.89. The van der Waals surface area contributed by atoms with Gasteiger partial charge < -0.3 is 29.9 Å². The molecular formula is C44H52FN9O4S2. The fourth-order valence-corrected chi connectivity index (χ4v) is 9.48. The molecule has 2 N–H and O–H groups in total. The normalized spacial score (nSPS) is 14.4. The second-order valence-electron chi connectivity index (χ2n) is 15.2. The zero-order valence-electron chi connectivity index (χ0n) is 34.5. The van der Waals surface area contributed by atoms with Crippen molar-refractivity contribution in [2.75, 3.05) is 76.2 Å². The van der Waals surface area contributed by atoms with Gasteiger partial charge in [0.2, 0.25) is 5.91 Å². The fourth-order valence-electron chi connectivity index (χ4n) is 7.49. The van der Waals surface area contributed by atoms with Crippen LogP contribution < -0.4 is 15.0 Å². The van der Waals surface area contributed by atoms with Crippen LogP contribution in [0.5, 0.6) is 5.75 Å². The molecule has 0 spiro atoms. The molecule has 60 heavy (non-hydrogen) atoms. The lowest BCUT2D eigenvalue weighted by molar-refractivity contribution is -0.129. The number of aromatic carboxylic acids is 1. The number of nitrogens with zero attached hydrogens (tertiary/aromatic N) is 8. The van der Waals surface area contributed by atoms with Gasteiger partial charge in [-0.15, -0.1) is 21.5 Å². The number of aromatic nitrogens is 4. The highest BCUT2D eigenvalue weighted by molar-refractivity contribution is 7.22. The molecule has 1 saturated heterocycles. The number of aryl methyl sites for hydroxylation is 1. The Hall–Kier alpha value is -5.21. The van der Waals surface area contributed by atoms with Crippen molar-refractivity contribution in [3.63, 3.8) is 0 Å². The van der Waals surface area contributed by atoms with Crippen molar-refractivity contribution in [3.05, 3.63) is 75.5 Å². The van der Waals surface area contributed by atoms with E-state index in [-0.39, 0.29) is 24.0 Å². The third kappa shape index (κ3) is 10.7. The molecule has 0 saturated carbocycles. The fraction of sp³-hybridized carbons (Fsp3) is 0.455. The zero-order valence-corrected chi connectivity index (χ0v) is 36.1. The summed E-state index contributed by atoms with van der Waals surface area (Å²) in [4.78, 5) is 42.4. The lowest BCUT2D eigenvalue weighted by Gasteiger charge is -2.33. The average molecular weight is 854 g/mol. The van der Waals surface area contributed by atoms with E-state index in [0.717, 1.165) is 97.8 Å². The number of thiazole rings is 2. The topological polar surface area (TPSA) is 140 Å². The number of carboxylic acid groups (broad SMARTS) is 1. The van der Waals surface area contributed by atoms with Crippen molar-refractivity contribution in [1.82, 2.24) is 34.9 Å². The number of carboxylic acids is 1. The number of halogens is 1. The van der Waals surface area contributed by atoms with Gasteiger partial charge in [-0.2, -0.15) is 0 Å². The molecule has 1 fully saturated rings. The minimum atomic E-state index is -1.10. The number of para-hydroxylation sites is 1. The molecule has 13 nitrogen and oxygen atoms in total. The smallest absolute Gasteiger partial charge is 0.355 e. The monoisotopic (exact) mass is 853 g/mol. The first-order valence-electron chi connectivity index (χ1n) is 20.8. The number of carbonyl (C=O) groups excluding carboxylic acids is 1. The van der Waals surface area contributed by atoms with Crippen molar-refractivity contribution >= 4 is 66.7 Å². The third-order valence-corrected chi connectivity index (χ3v) is 13.0. The molecule has 0 bridgehead atoms. The van der Waals surface area contributed by atoms with Crippen molar-refractivity contribution in [1.29, 1.82) is 0 Å². The van der Waals surface area contributed by atoms with E-state index in [2.05, 4.69) is 47.1 Å². The molecule has 316 valence electrons. The van der Waals surface area contributed by atoms with E-state index in [9.17, 15) is 14.7 Å². The molecule has 0 unspecified atom stereocenters. The van der Waals surface area contributed by atoms with Crippen LogP contribution >= 0.6 is 22.7 Å². The molecule has 5 aromatic rings. The first-order valence-corrected chi connectivity index (χ1v) is 22.4. The van der Waals surface area contributed by atoms with Crippen LogP contribution in [-0.2, 0) is 17.6 Å². The number of unbranched alkanes of at least 4 members (excludes halogenated alkanes) is 2. The van der Waals surface area contributed by atoms with Crippen LogP contribution in [0.15, 0.2) is 42.5 Å². The summed E-state index contributed by atoms with van der Waals surface area (Å²) in [6.07, 6.45) is 6.41. The molecule has 0 atom stereocenters. The van der Waals surface area contributed by atoms with Crippen LogP contribution in [0.1, 0.15) is 77.5 Å². The van der Waals surface area contributed by atoms with Gasteiger partial charge in [-0.3, -0.25) is 9.69 Å². The maximum absolute atomic E-state index is 15.0. The van der Waals surface area contributed by atoms with Crippen LogP contribution in [0.2, 0.25) is 0 Å². The Morgan fingerprint density at radius 2 is 1.82 bits per heavy atom. The molecular weight excluding hydrogens is 802 g/mol. The molecule has 7 rings (SSSR count). The number of fused-ring (bicyclic) bond motifs is 2. The first kappa shape index (κ1) is 42.9. The number of nitrogens with one attached hydrogen (secondary N) is 1.